The molecule has 0 saturated carbocycles. The molecule has 0 saturated heterocycles. The van der Waals surface area contributed by atoms with Crippen molar-refractivity contribution in [1.29, 1.82) is 0 Å². The van der Waals surface area contributed by atoms with Crippen LogP contribution >= 0.6 is 11.6 Å². The highest BCUT2D eigenvalue weighted by molar-refractivity contribution is 6.30. The second-order valence-corrected chi connectivity index (χ2v) is 5.10. The molecule has 0 aromatic heterocycles. The lowest BCUT2D eigenvalue weighted by Gasteiger charge is -2.20. The molecular formula is C16H15ClF3N. The Kier molecular flexibility index (Phi) is 4.91. The first kappa shape index (κ1) is 15.9. The first-order valence-electron chi connectivity index (χ1n) is 6.58. The zero-order valence-electron chi connectivity index (χ0n) is 11.4. The molecule has 0 radical (unpaired) electrons. The standard InChI is InChI=1S/C16H15ClF3N/c1-2-21-15(11-6-8-14(17)9-7-11)12-4-3-5-13(10-12)16(18,19)20/h3-10,15,21H,2H2,1H3. The number of benzene rings is 2. The molecule has 1 N–H and O–H groups in total. The minimum Gasteiger partial charge on any atom is -0.307 e. The number of hydrogen-bond donors (Lipinski definition) is 1. The summed E-state index contributed by atoms with van der Waals surface area (Å²) in [6, 6.07) is 12.2. The maximum Gasteiger partial charge on any atom is 0.416 e. The monoisotopic (exact) mass is 313 g/mol. The van der Waals surface area contributed by atoms with E-state index >= 15 is 0 Å². The molecule has 0 aliphatic rings. The Labute approximate surface area is 126 Å². The number of alkyl halides is 3. The summed E-state index contributed by atoms with van der Waals surface area (Å²) in [7, 11) is 0. The van der Waals surface area contributed by atoms with Gasteiger partial charge in [0.15, 0.2) is 0 Å². The predicted octanol–water partition coefficient (Wildman–Crippen LogP) is 5.06. The van der Waals surface area contributed by atoms with Gasteiger partial charge in [-0.15, -0.1) is 0 Å². The molecule has 0 aliphatic heterocycles. The van der Waals surface area contributed by atoms with Crippen molar-refractivity contribution in [1.82, 2.24) is 5.32 Å². The van der Waals surface area contributed by atoms with Crippen LogP contribution in [0.25, 0.3) is 0 Å². The van der Waals surface area contributed by atoms with Crippen LogP contribution in [0.5, 0.6) is 0 Å². The van der Waals surface area contributed by atoms with Crippen molar-refractivity contribution in [3.63, 3.8) is 0 Å². The van der Waals surface area contributed by atoms with Gasteiger partial charge >= 0.3 is 6.18 Å². The zero-order chi connectivity index (χ0) is 15.5. The van der Waals surface area contributed by atoms with Crippen molar-refractivity contribution < 1.29 is 13.2 Å². The maximum absolute atomic E-state index is 12.8. The van der Waals surface area contributed by atoms with Crippen molar-refractivity contribution in [3.8, 4) is 0 Å². The van der Waals surface area contributed by atoms with Crippen LogP contribution in [0.2, 0.25) is 5.02 Å². The highest BCUT2D eigenvalue weighted by Crippen LogP contribution is 2.32. The third kappa shape index (κ3) is 3.99. The van der Waals surface area contributed by atoms with Crippen molar-refractivity contribution in [2.45, 2.75) is 19.1 Å². The highest BCUT2D eigenvalue weighted by atomic mass is 35.5. The van der Waals surface area contributed by atoms with Crippen LogP contribution in [-0.2, 0) is 6.18 Å². The Hall–Kier alpha value is -1.52. The molecule has 0 spiro atoms. The molecule has 112 valence electrons. The maximum atomic E-state index is 12.8. The third-order valence-electron chi connectivity index (χ3n) is 3.16. The Bertz CT molecular complexity index is 593. The highest BCUT2D eigenvalue weighted by Gasteiger charge is 2.31. The van der Waals surface area contributed by atoms with Gasteiger partial charge in [-0.2, -0.15) is 13.2 Å². The van der Waals surface area contributed by atoms with E-state index in [1.54, 1.807) is 18.2 Å². The number of nitrogens with one attached hydrogen (secondary N) is 1. The van der Waals surface area contributed by atoms with Crippen molar-refractivity contribution >= 4 is 11.6 Å². The molecule has 0 heterocycles. The van der Waals surface area contributed by atoms with Crippen LogP contribution < -0.4 is 5.32 Å². The first-order chi connectivity index (χ1) is 9.91. The molecule has 1 nitrogen and oxygen atoms in total. The van der Waals surface area contributed by atoms with Gasteiger partial charge in [-0.1, -0.05) is 42.8 Å². The molecule has 0 amide bonds. The molecule has 2 aromatic rings. The van der Waals surface area contributed by atoms with Gasteiger partial charge in [0.1, 0.15) is 0 Å². The van der Waals surface area contributed by atoms with Gasteiger partial charge in [0.2, 0.25) is 0 Å². The average molecular weight is 314 g/mol. The second kappa shape index (κ2) is 6.50. The molecule has 0 bridgehead atoms. The average Bonchev–Trinajstić information content (AvgIpc) is 2.45. The van der Waals surface area contributed by atoms with Gasteiger partial charge in [0, 0.05) is 5.02 Å². The van der Waals surface area contributed by atoms with Gasteiger partial charge in [0.05, 0.1) is 11.6 Å². The van der Waals surface area contributed by atoms with Gasteiger partial charge in [-0.25, -0.2) is 0 Å². The lowest BCUT2D eigenvalue weighted by atomic mass is 9.97. The molecule has 5 heteroatoms. The summed E-state index contributed by atoms with van der Waals surface area (Å²) in [5, 5.41) is 3.80. The molecule has 21 heavy (non-hydrogen) atoms. The van der Waals surface area contributed by atoms with E-state index in [9.17, 15) is 13.2 Å². The summed E-state index contributed by atoms with van der Waals surface area (Å²) in [5.41, 5.74) is 0.812. The second-order valence-electron chi connectivity index (χ2n) is 4.67. The summed E-state index contributed by atoms with van der Waals surface area (Å²) in [6.07, 6.45) is -4.34. The van der Waals surface area contributed by atoms with Crippen LogP contribution in [0.4, 0.5) is 13.2 Å². The Morgan fingerprint density at radius 2 is 1.71 bits per heavy atom. The predicted molar refractivity (Wildman–Crippen MR) is 78.4 cm³/mol. The van der Waals surface area contributed by atoms with Crippen LogP contribution in [0.15, 0.2) is 48.5 Å². The molecular weight excluding hydrogens is 299 g/mol. The SMILES string of the molecule is CCNC(c1ccc(Cl)cc1)c1cccc(C(F)(F)F)c1. The summed E-state index contributed by atoms with van der Waals surface area (Å²) >= 11 is 5.86. The van der Waals surface area contributed by atoms with E-state index < -0.39 is 11.7 Å². The zero-order valence-corrected chi connectivity index (χ0v) is 12.2. The Morgan fingerprint density at radius 1 is 1.05 bits per heavy atom. The lowest BCUT2D eigenvalue weighted by molar-refractivity contribution is -0.137. The number of rotatable bonds is 4. The van der Waals surface area contributed by atoms with Crippen molar-refractivity contribution in [3.05, 3.63) is 70.2 Å². The van der Waals surface area contributed by atoms with Gasteiger partial charge in [0.25, 0.3) is 0 Å². The topological polar surface area (TPSA) is 12.0 Å². The quantitative estimate of drug-likeness (QED) is 0.832. The van der Waals surface area contributed by atoms with Crippen LogP contribution in [0.3, 0.4) is 0 Å². The fourth-order valence-electron chi connectivity index (χ4n) is 2.18. The fourth-order valence-corrected chi connectivity index (χ4v) is 2.31. The van der Waals surface area contributed by atoms with Crippen molar-refractivity contribution in [2.75, 3.05) is 6.54 Å². The van der Waals surface area contributed by atoms with Gasteiger partial charge < -0.3 is 5.32 Å². The molecule has 2 rings (SSSR count). The molecule has 0 fully saturated rings. The number of hydrogen-bond acceptors (Lipinski definition) is 1. The van der Waals surface area contributed by atoms with E-state index in [0.717, 1.165) is 11.6 Å². The van der Waals surface area contributed by atoms with E-state index in [4.69, 9.17) is 11.6 Å². The fraction of sp³-hybridized carbons (Fsp3) is 0.250. The van der Waals surface area contributed by atoms with E-state index in [2.05, 4.69) is 5.32 Å². The largest absolute Gasteiger partial charge is 0.416 e. The van der Waals surface area contributed by atoms with E-state index in [0.29, 0.717) is 17.1 Å². The van der Waals surface area contributed by atoms with Crippen LogP contribution in [0.1, 0.15) is 29.7 Å². The Morgan fingerprint density at radius 3 is 2.29 bits per heavy atom. The summed E-state index contributed by atoms with van der Waals surface area (Å²) in [6.45, 7) is 2.56. The number of halogens is 4. The van der Waals surface area contributed by atoms with Crippen LogP contribution in [-0.4, -0.2) is 6.54 Å². The van der Waals surface area contributed by atoms with E-state index in [1.165, 1.54) is 12.1 Å². The molecule has 0 aliphatic carbocycles. The minimum atomic E-state index is -4.34. The van der Waals surface area contributed by atoms with Gasteiger partial charge in [-0.05, 0) is 41.9 Å². The van der Waals surface area contributed by atoms with E-state index in [-0.39, 0.29) is 6.04 Å². The first-order valence-corrected chi connectivity index (χ1v) is 6.95. The summed E-state index contributed by atoms with van der Waals surface area (Å²) < 4.78 is 38.5. The smallest absolute Gasteiger partial charge is 0.307 e. The van der Waals surface area contributed by atoms with E-state index in [1.807, 2.05) is 19.1 Å². The lowest BCUT2D eigenvalue weighted by Crippen LogP contribution is -2.22. The van der Waals surface area contributed by atoms with Gasteiger partial charge in [-0.3, -0.25) is 0 Å². The molecule has 1 unspecified atom stereocenters. The van der Waals surface area contributed by atoms with Crippen LogP contribution in [0, 0.1) is 0 Å². The molecule has 2 aromatic carbocycles. The third-order valence-corrected chi connectivity index (χ3v) is 3.41. The summed E-state index contributed by atoms with van der Waals surface area (Å²) in [5.74, 6) is 0. The summed E-state index contributed by atoms with van der Waals surface area (Å²) in [4.78, 5) is 0. The molecule has 1 atom stereocenters. The normalized spacial score (nSPS) is 13.2. The Balaban J connectivity index is 2.41. The van der Waals surface area contributed by atoms with Crippen molar-refractivity contribution in [2.24, 2.45) is 0 Å². The minimum absolute atomic E-state index is 0.297.